The first-order valence-electron chi connectivity index (χ1n) is 7.41. The maximum atomic E-state index is 12.0. The summed E-state index contributed by atoms with van der Waals surface area (Å²) in [7, 11) is 0. The van der Waals surface area contributed by atoms with Crippen LogP contribution in [0.5, 0.6) is 0 Å². The third-order valence-corrected chi connectivity index (χ3v) is 3.37. The Morgan fingerprint density at radius 3 is 2.43 bits per heavy atom. The van der Waals surface area contributed by atoms with Crippen molar-refractivity contribution < 1.29 is 4.79 Å². The van der Waals surface area contributed by atoms with Crippen molar-refractivity contribution in [2.45, 2.75) is 6.54 Å². The molecule has 4 nitrogen and oxygen atoms in total. The second kappa shape index (κ2) is 7.22. The lowest BCUT2D eigenvalue weighted by Crippen LogP contribution is -2.13. The SMILES string of the molecule is O=C(/C=C/c1ccccc1)Nc1ccnn1Cc1ccccc1. The Hall–Kier alpha value is -3.14. The molecule has 0 fully saturated rings. The van der Waals surface area contributed by atoms with Crippen LogP contribution in [0.1, 0.15) is 11.1 Å². The third kappa shape index (κ3) is 4.17. The highest BCUT2D eigenvalue weighted by Crippen LogP contribution is 2.10. The highest BCUT2D eigenvalue weighted by molar-refractivity contribution is 6.01. The Bertz CT molecular complexity index is 792. The van der Waals surface area contributed by atoms with Gasteiger partial charge in [-0.3, -0.25) is 4.79 Å². The van der Waals surface area contributed by atoms with Crippen molar-refractivity contribution in [2.75, 3.05) is 5.32 Å². The molecule has 2 aromatic carbocycles. The maximum absolute atomic E-state index is 12.0. The molecule has 1 aromatic heterocycles. The summed E-state index contributed by atoms with van der Waals surface area (Å²) >= 11 is 0. The molecule has 0 unspecified atom stereocenters. The Morgan fingerprint density at radius 1 is 1.00 bits per heavy atom. The van der Waals surface area contributed by atoms with Crippen LogP contribution >= 0.6 is 0 Å². The lowest BCUT2D eigenvalue weighted by molar-refractivity contribution is -0.111. The van der Waals surface area contributed by atoms with Gasteiger partial charge in [0.05, 0.1) is 12.7 Å². The highest BCUT2D eigenvalue weighted by Gasteiger charge is 2.05. The minimum Gasteiger partial charge on any atom is -0.307 e. The first kappa shape index (κ1) is 14.8. The van der Waals surface area contributed by atoms with Crippen LogP contribution in [0.4, 0.5) is 5.82 Å². The third-order valence-electron chi connectivity index (χ3n) is 3.37. The van der Waals surface area contributed by atoms with Gasteiger partial charge in [0, 0.05) is 12.1 Å². The van der Waals surface area contributed by atoms with E-state index >= 15 is 0 Å². The smallest absolute Gasteiger partial charge is 0.249 e. The Kier molecular flexibility index (Phi) is 4.64. The van der Waals surface area contributed by atoms with Gasteiger partial charge in [0.2, 0.25) is 5.91 Å². The fourth-order valence-corrected chi connectivity index (χ4v) is 2.23. The normalized spacial score (nSPS) is 10.8. The van der Waals surface area contributed by atoms with Crippen LogP contribution in [0.3, 0.4) is 0 Å². The zero-order chi connectivity index (χ0) is 15.9. The van der Waals surface area contributed by atoms with E-state index in [2.05, 4.69) is 10.4 Å². The molecule has 1 N–H and O–H groups in total. The van der Waals surface area contributed by atoms with E-state index in [0.717, 1.165) is 11.1 Å². The number of aromatic nitrogens is 2. The van der Waals surface area contributed by atoms with Crippen molar-refractivity contribution in [3.63, 3.8) is 0 Å². The molecule has 1 heterocycles. The molecule has 23 heavy (non-hydrogen) atoms. The summed E-state index contributed by atoms with van der Waals surface area (Å²) < 4.78 is 1.77. The average Bonchev–Trinajstić information content (AvgIpc) is 3.02. The molecule has 0 aliphatic heterocycles. The lowest BCUT2D eigenvalue weighted by atomic mass is 10.2. The zero-order valence-electron chi connectivity index (χ0n) is 12.6. The van der Waals surface area contributed by atoms with Gasteiger partial charge in [-0.05, 0) is 17.2 Å². The average molecular weight is 303 g/mol. The van der Waals surface area contributed by atoms with E-state index in [0.29, 0.717) is 12.4 Å². The minimum atomic E-state index is -0.177. The van der Waals surface area contributed by atoms with E-state index in [1.54, 1.807) is 23.0 Å². The summed E-state index contributed by atoms with van der Waals surface area (Å²) in [6.45, 7) is 0.617. The van der Waals surface area contributed by atoms with Crippen molar-refractivity contribution in [1.29, 1.82) is 0 Å². The molecule has 1 amide bonds. The number of carbonyl (C=O) groups is 1. The van der Waals surface area contributed by atoms with Gasteiger partial charge in [-0.25, -0.2) is 4.68 Å². The van der Waals surface area contributed by atoms with Crippen molar-refractivity contribution in [3.05, 3.63) is 90.1 Å². The van der Waals surface area contributed by atoms with Gasteiger partial charge in [-0.1, -0.05) is 60.7 Å². The topological polar surface area (TPSA) is 46.9 Å². The summed E-state index contributed by atoms with van der Waals surface area (Å²) in [4.78, 5) is 12.0. The molecule has 3 aromatic rings. The van der Waals surface area contributed by atoms with E-state index in [1.165, 1.54) is 6.08 Å². The lowest BCUT2D eigenvalue weighted by Gasteiger charge is -2.07. The predicted octanol–water partition coefficient (Wildman–Crippen LogP) is 3.58. The monoisotopic (exact) mass is 303 g/mol. The van der Waals surface area contributed by atoms with Gasteiger partial charge in [0.15, 0.2) is 0 Å². The number of hydrogen-bond donors (Lipinski definition) is 1. The van der Waals surface area contributed by atoms with Crippen molar-refractivity contribution in [3.8, 4) is 0 Å². The van der Waals surface area contributed by atoms with Crippen molar-refractivity contribution in [1.82, 2.24) is 9.78 Å². The zero-order valence-corrected chi connectivity index (χ0v) is 12.6. The molecule has 0 aliphatic carbocycles. The Balaban J connectivity index is 1.65. The predicted molar refractivity (Wildman–Crippen MR) is 91.9 cm³/mol. The Morgan fingerprint density at radius 2 is 1.70 bits per heavy atom. The van der Waals surface area contributed by atoms with Crippen molar-refractivity contribution >= 4 is 17.8 Å². The number of anilines is 1. The summed E-state index contributed by atoms with van der Waals surface area (Å²) in [5.41, 5.74) is 2.12. The summed E-state index contributed by atoms with van der Waals surface area (Å²) in [6.07, 6.45) is 4.99. The molecular weight excluding hydrogens is 286 g/mol. The second-order valence-electron chi connectivity index (χ2n) is 5.09. The number of amides is 1. The van der Waals surface area contributed by atoms with Gasteiger partial charge >= 0.3 is 0 Å². The fraction of sp³-hybridized carbons (Fsp3) is 0.0526. The van der Waals surface area contributed by atoms with Crippen LogP contribution in [-0.4, -0.2) is 15.7 Å². The van der Waals surface area contributed by atoms with E-state index in [9.17, 15) is 4.79 Å². The van der Waals surface area contributed by atoms with Crippen LogP contribution in [-0.2, 0) is 11.3 Å². The molecule has 0 saturated carbocycles. The van der Waals surface area contributed by atoms with Gasteiger partial charge in [0.1, 0.15) is 5.82 Å². The number of benzene rings is 2. The molecule has 114 valence electrons. The summed E-state index contributed by atoms with van der Waals surface area (Å²) in [5.74, 6) is 0.500. The molecule has 4 heteroatoms. The van der Waals surface area contributed by atoms with Gasteiger partial charge in [-0.15, -0.1) is 0 Å². The van der Waals surface area contributed by atoms with Crippen LogP contribution < -0.4 is 5.32 Å². The van der Waals surface area contributed by atoms with E-state index in [1.807, 2.05) is 60.7 Å². The van der Waals surface area contributed by atoms with E-state index in [-0.39, 0.29) is 5.91 Å². The number of carbonyl (C=O) groups excluding carboxylic acids is 1. The summed E-state index contributed by atoms with van der Waals surface area (Å²) in [6, 6.07) is 21.5. The molecule has 3 rings (SSSR count). The van der Waals surface area contributed by atoms with Crippen molar-refractivity contribution in [2.24, 2.45) is 0 Å². The van der Waals surface area contributed by atoms with Crippen LogP contribution in [0.15, 0.2) is 79.0 Å². The number of nitrogens with zero attached hydrogens (tertiary/aromatic N) is 2. The molecule has 0 bridgehead atoms. The number of nitrogens with one attached hydrogen (secondary N) is 1. The molecule has 0 aliphatic rings. The number of rotatable bonds is 5. The first-order valence-corrected chi connectivity index (χ1v) is 7.41. The van der Waals surface area contributed by atoms with Crippen LogP contribution in [0, 0.1) is 0 Å². The number of hydrogen-bond acceptors (Lipinski definition) is 2. The van der Waals surface area contributed by atoms with Crippen LogP contribution in [0.25, 0.3) is 6.08 Å². The molecule has 0 atom stereocenters. The molecule has 0 saturated heterocycles. The quantitative estimate of drug-likeness (QED) is 0.732. The maximum Gasteiger partial charge on any atom is 0.249 e. The first-order chi connectivity index (χ1) is 11.3. The van der Waals surface area contributed by atoms with E-state index in [4.69, 9.17) is 0 Å². The van der Waals surface area contributed by atoms with Gasteiger partial charge in [0.25, 0.3) is 0 Å². The van der Waals surface area contributed by atoms with Gasteiger partial charge in [-0.2, -0.15) is 5.10 Å². The van der Waals surface area contributed by atoms with E-state index < -0.39 is 0 Å². The van der Waals surface area contributed by atoms with Crippen LogP contribution in [0.2, 0.25) is 0 Å². The molecule has 0 spiro atoms. The standard InChI is InChI=1S/C19H17N3O/c23-19(12-11-16-7-3-1-4-8-16)21-18-13-14-20-22(18)15-17-9-5-2-6-10-17/h1-14H,15H2,(H,21,23)/b12-11+. The second-order valence-corrected chi connectivity index (χ2v) is 5.09. The largest absolute Gasteiger partial charge is 0.307 e. The molecular formula is C19H17N3O. The fourth-order valence-electron chi connectivity index (χ4n) is 2.23. The molecule has 0 radical (unpaired) electrons. The Labute approximate surface area is 135 Å². The summed E-state index contributed by atoms with van der Waals surface area (Å²) in [5, 5.41) is 7.12. The minimum absolute atomic E-state index is 0.177. The van der Waals surface area contributed by atoms with Gasteiger partial charge < -0.3 is 5.32 Å². The highest BCUT2D eigenvalue weighted by atomic mass is 16.1.